The Morgan fingerprint density at radius 2 is 2.00 bits per heavy atom. The highest BCUT2D eigenvalue weighted by atomic mass is 16.3. The molecule has 3 heteroatoms. The summed E-state index contributed by atoms with van der Waals surface area (Å²) < 4.78 is 0. The van der Waals surface area contributed by atoms with Crippen LogP contribution in [0, 0.1) is 0 Å². The van der Waals surface area contributed by atoms with Gasteiger partial charge in [-0.2, -0.15) is 0 Å². The summed E-state index contributed by atoms with van der Waals surface area (Å²) in [5, 5.41) is 13.5. The molecule has 1 aliphatic rings. The fraction of sp³-hybridized carbons (Fsp3) is 0.200. The zero-order chi connectivity index (χ0) is 12.1. The van der Waals surface area contributed by atoms with E-state index in [1.165, 1.54) is 0 Å². The first kappa shape index (κ1) is 9.97. The van der Waals surface area contributed by atoms with E-state index in [9.17, 15) is 5.11 Å². The predicted octanol–water partition coefficient (Wildman–Crippen LogP) is 2.76. The van der Waals surface area contributed by atoms with E-state index < -0.39 is 6.10 Å². The van der Waals surface area contributed by atoms with Gasteiger partial charge in [-0.1, -0.05) is 18.2 Å². The maximum Gasteiger partial charge on any atom is 0.0970 e. The smallest absolute Gasteiger partial charge is 0.0970 e. The number of fused-ring (bicyclic) bond motifs is 2. The van der Waals surface area contributed by atoms with E-state index in [0.717, 1.165) is 39.5 Å². The minimum absolute atomic E-state index is 0.464. The number of aliphatic hydroxyl groups excluding tert-OH is 1. The molecule has 3 aromatic rings. The van der Waals surface area contributed by atoms with Crippen LogP contribution in [0.4, 0.5) is 0 Å². The van der Waals surface area contributed by atoms with Crippen molar-refractivity contribution in [2.24, 2.45) is 0 Å². The molecular weight excluding hydrogens is 224 g/mol. The van der Waals surface area contributed by atoms with Gasteiger partial charge in [0, 0.05) is 17.0 Å². The van der Waals surface area contributed by atoms with Crippen LogP contribution in [0.25, 0.3) is 21.7 Å². The Morgan fingerprint density at radius 1 is 1.11 bits per heavy atom. The number of aryl methyl sites for hydroxylation is 1. The molecule has 0 aliphatic heterocycles. The maximum absolute atomic E-state index is 10.1. The van der Waals surface area contributed by atoms with Gasteiger partial charge in [-0.3, -0.25) is 4.98 Å². The van der Waals surface area contributed by atoms with Gasteiger partial charge in [0.05, 0.1) is 23.0 Å². The van der Waals surface area contributed by atoms with E-state index in [4.69, 9.17) is 0 Å². The number of aromatic nitrogens is 2. The van der Waals surface area contributed by atoms with Crippen molar-refractivity contribution in [2.45, 2.75) is 18.9 Å². The van der Waals surface area contributed by atoms with Gasteiger partial charge in [0.2, 0.25) is 0 Å². The van der Waals surface area contributed by atoms with Crippen molar-refractivity contribution in [1.82, 2.24) is 9.97 Å². The summed E-state index contributed by atoms with van der Waals surface area (Å²) in [6.45, 7) is 0. The molecule has 2 aromatic heterocycles. The molecule has 0 fully saturated rings. The van der Waals surface area contributed by atoms with Crippen LogP contribution < -0.4 is 0 Å². The molecule has 0 radical (unpaired) electrons. The maximum atomic E-state index is 10.1. The second-order valence-electron chi connectivity index (χ2n) is 4.75. The molecule has 0 amide bonds. The lowest BCUT2D eigenvalue weighted by atomic mass is 9.92. The molecule has 18 heavy (non-hydrogen) atoms. The van der Waals surface area contributed by atoms with Crippen molar-refractivity contribution in [3.63, 3.8) is 0 Å². The van der Waals surface area contributed by atoms with Crippen LogP contribution >= 0.6 is 0 Å². The lowest BCUT2D eigenvalue weighted by Crippen LogP contribution is -2.11. The van der Waals surface area contributed by atoms with Crippen LogP contribution in [0.1, 0.15) is 23.9 Å². The Bertz CT molecular complexity index is 767. The molecular formula is C15H12N2O. The summed E-state index contributed by atoms with van der Waals surface area (Å²) in [5.41, 5.74) is 2.79. The number of benzene rings is 1. The molecule has 0 spiro atoms. The highest BCUT2D eigenvalue weighted by molar-refractivity contribution is 6.07. The first-order valence-electron chi connectivity index (χ1n) is 6.19. The molecule has 0 saturated heterocycles. The number of aliphatic hydroxyl groups is 1. The van der Waals surface area contributed by atoms with Gasteiger partial charge in [-0.25, -0.2) is 4.98 Å². The first-order valence-corrected chi connectivity index (χ1v) is 6.19. The third kappa shape index (κ3) is 1.22. The number of nitrogens with zero attached hydrogens (tertiary/aromatic N) is 2. The molecule has 1 N–H and O–H groups in total. The fourth-order valence-electron chi connectivity index (χ4n) is 2.84. The molecule has 4 rings (SSSR count). The standard InChI is InChI=1S/C15H12N2O/c18-13-6-5-12-14-10(7-8-16-12)9-3-1-2-4-11(9)17-15(13)14/h1-4,7-8,13,18H,5-6H2. The van der Waals surface area contributed by atoms with Crippen LogP contribution in [0.5, 0.6) is 0 Å². The van der Waals surface area contributed by atoms with Crippen molar-refractivity contribution < 1.29 is 5.11 Å². The fourth-order valence-corrected chi connectivity index (χ4v) is 2.84. The van der Waals surface area contributed by atoms with E-state index in [2.05, 4.69) is 16.0 Å². The van der Waals surface area contributed by atoms with Gasteiger partial charge in [-0.15, -0.1) is 0 Å². The number of para-hydroxylation sites is 1. The van der Waals surface area contributed by atoms with Crippen molar-refractivity contribution >= 4 is 21.7 Å². The molecule has 3 nitrogen and oxygen atoms in total. The van der Waals surface area contributed by atoms with Crippen LogP contribution in [0.3, 0.4) is 0 Å². The third-order valence-electron chi connectivity index (χ3n) is 3.69. The molecule has 0 saturated carbocycles. The van der Waals surface area contributed by atoms with Gasteiger partial charge in [0.1, 0.15) is 0 Å². The van der Waals surface area contributed by atoms with Crippen molar-refractivity contribution in [3.05, 3.63) is 47.9 Å². The summed E-state index contributed by atoms with van der Waals surface area (Å²) in [4.78, 5) is 9.05. The van der Waals surface area contributed by atoms with E-state index in [-0.39, 0.29) is 0 Å². The minimum Gasteiger partial charge on any atom is -0.387 e. The Hall–Kier alpha value is -2.00. The Labute approximate surface area is 104 Å². The van der Waals surface area contributed by atoms with Crippen molar-refractivity contribution in [2.75, 3.05) is 0 Å². The summed E-state index contributed by atoms with van der Waals surface area (Å²) in [7, 11) is 0. The van der Waals surface area contributed by atoms with Crippen LogP contribution in [-0.2, 0) is 6.42 Å². The highest BCUT2D eigenvalue weighted by Crippen LogP contribution is 2.36. The topological polar surface area (TPSA) is 46.0 Å². The molecule has 1 aliphatic carbocycles. The van der Waals surface area contributed by atoms with E-state index >= 15 is 0 Å². The van der Waals surface area contributed by atoms with Crippen LogP contribution in [0.2, 0.25) is 0 Å². The van der Waals surface area contributed by atoms with Crippen molar-refractivity contribution in [1.29, 1.82) is 0 Å². The summed E-state index contributed by atoms with van der Waals surface area (Å²) in [6.07, 6.45) is 2.93. The minimum atomic E-state index is -0.464. The number of pyridine rings is 2. The van der Waals surface area contributed by atoms with Gasteiger partial charge in [-0.05, 0) is 30.4 Å². The quantitative estimate of drug-likeness (QED) is 0.610. The SMILES string of the molecule is OC1CCc2nccc3c2c1nc1ccccc13. The largest absolute Gasteiger partial charge is 0.387 e. The van der Waals surface area contributed by atoms with Gasteiger partial charge in [0.15, 0.2) is 0 Å². The summed E-state index contributed by atoms with van der Waals surface area (Å²) in [5.74, 6) is 0. The van der Waals surface area contributed by atoms with Crippen LogP contribution in [0.15, 0.2) is 36.5 Å². The molecule has 2 heterocycles. The molecule has 88 valence electrons. The van der Waals surface area contributed by atoms with Crippen LogP contribution in [-0.4, -0.2) is 15.1 Å². The average molecular weight is 236 g/mol. The molecule has 0 bridgehead atoms. The van der Waals surface area contributed by atoms with Gasteiger partial charge < -0.3 is 5.11 Å². The highest BCUT2D eigenvalue weighted by Gasteiger charge is 2.23. The Balaban J connectivity index is 2.29. The molecule has 1 aromatic carbocycles. The molecule has 1 unspecified atom stereocenters. The zero-order valence-electron chi connectivity index (χ0n) is 9.80. The van der Waals surface area contributed by atoms with E-state index in [0.29, 0.717) is 6.42 Å². The van der Waals surface area contributed by atoms with Gasteiger partial charge >= 0.3 is 0 Å². The summed E-state index contributed by atoms with van der Waals surface area (Å²) >= 11 is 0. The monoisotopic (exact) mass is 236 g/mol. The number of hydrogen-bond donors (Lipinski definition) is 1. The Kier molecular flexibility index (Phi) is 1.94. The summed E-state index contributed by atoms with van der Waals surface area (Å²) in [6, 6.07) is 10.1. The lowest BCUT2D eigenvalue weighted by molar-refractivity contribution is 0.162. The lowest BCUT2D eigenvalue weighted by Gasteiger charge is -2.21. The second kappa shape index (κ2) is 3.50. The number of rotatable bonds is 0. The van der Waals surface area contributed by atoms with E-state index in [1.54, 1.807) is 0 Å². The average Bonchev–Trinajstić information content (AvgIpc) is 2.43. The third-order valence-corrected chi connectivity index (χ3v) is 3.69. The van der Waals surface area contributed by atoms with E-state index in [1.807, 2.05) is 30.5 Å². The van der Waals surface area contributed by atoms with Crippen molar-refractivity contribution in [3.8, 4) is 0 Å². The number of hydrogen-bond acceptors (Lipinski definition) is 3. The molecule has 1 atom stereocenters. The Morgan fingerprint density at radius 3 is 2.94 bits per heavy atom. The normalized spacial score (nSPS) is 18.4. The second-order valence-corrected chi connectivity index (χ2v) is 4.75. The predicted molar refractivity (Wildman–Crippen MR) is 70.3 cm³/mol. The zero-order valence-corrected chi connectivity index (χ0v) is 9.80. The first-order chi connectivity index (χ1) is 8.84. The van der Waals surface area contributed by atoms with Gasteiger partial charge in [0.25, 0.3) is 0 Å².